The molecule has 0 aliphatic heterocycles. The fourth-order valence-corrected chi connectivity index (χ4v) is 4.62. The minimum absolute atomic E-state index is 0.565. The molecule has 0 fully saturated rings. The molecular formula is C22H18Cl2N4OS. The molecular weight excluding hydrogens is 439 g/mol. The van der Waals surface area contributed by atoms with E-state index in [1.807, 2.05) is 72.2 Å². The quantitative estimate of drug-likeness (QED) is 0.304. The average molecular weight is 457 g/mol. The van der Waals surface area contributed by atoms with E-state index >= 15 is 0 Å². The lowest BCUT2D eigenvalue weighted by molar-refractivity contribution is 0.340. The van der Waals surface area contributed by atoms with Crippen LogP contribution in [0.2, 0.25) is 10.0 Å². The highest BCUT2D eigenvalue weighted by Crippen LogP contribution is 2.33. The molecule has 30 heavy (non-hydrogen) atoms. The molecule has 8 heteroatoms. The Kier molecular flexibility index (Phi) is 6.57. The summed E-state index contributed by atoms with van der Waals surface area (Å²) in [7, 11) is 0. The van der Waals surface area contributed by atoms with Gasteiger partial charge in [0.25, 0.3) is 0 Å². The van der Waals surface area contributed by atoms with Crippen LogP contribution in [0, 0.1) is 0 Å². The van der Waals surface area contributed by atoms with Gasteiger partial charge in [0, 0.05) is 22.0 Å². The maximum absolute atomic E-state index is 6.34. The lowest BCUT2D eigenvalue weighted by atomic mass is 10.2. The van der Waals surface area contributed by atoms with E-state index in [4.69, 9.17) is 27.9 Å². The zero-order chi connectivity index (χ0) is 20.9. The number of ether oxygens (including phenoxy) is 1. The molecule has 0 aliphatic rings. The standard InChI is InChI=1S/C22H18Cl2N4OS/c1-2-29-16-11-9-15(10-12-16)28-21(20-8-3-4-13-25-20)26-27-22(28)30-14-17-18(23)6-5-7-19(17)24/h3-13H,2,14H2,1H3. The zero-order valence-corrected chi connectivity index (χ0v) is 18.5. The van der Waals surface area contributed by atoms with Crippen molar-refractivity contribution in [3.8, 4) is 23.0 Å². The molecule has 4 rings (SSSR count). The van der Waals surface area contributed by atoms with Gasteiger partial charge in [-0.1, -0.05) is 47.1 Å². The van der Waals surface area contributed by atoms with Crippen molar-refractivity contribution in [2.75, 3.05) is 6.61 Å². The number of aromatic nitrogens is 4. The van der Waals surface area contributed by atoms with Crippen LogP contribution in [0.3, 0.4) is 0 Å². The number of benzene rings is 2. The van der Waals surface area contributed by atoms with Crippen LogP contribution in [0.1, 0.15) is 12.5 Å². The lowest BCUT2D eigenvalue weighted by Crippen LogP contribution is -2.01. The minimum Gasteiger partial charge on any atom is -0.494 e. The van der Waals surface area contributed by atoms with Gasteiger partial charge in [0.05, 0.1) is 12.3 Å². The van der Waals surface area contributed by atoms with E-state index in [1.165, 1.54) is 11.8 Å². The fraction of sp³-hybridized carbons (Fsp3) is 0.136. The number of halogens is 2. The topological polar surface area (TPSA) is 52.8 Å². The highest BCUT2D eigenvalue weighted by atomic mass is 35.5. The van der Waals surface area contributed by atoms with Gasteiger partial charge >= 0.3 is 0 Å². The van der Waals surface area contributed by atoms with E-state index < -0.39 is 0 Å². The third-order valence-electron chi connectivity index (χ3n) is 4.34. The van der Waals surface area contributed by atoms with Crippen LogP contribution in [0.15, 0.2) is 72.0 Å². The first kappa shape index (κ1) is 20.7. The maximum atomic E-state index is 6.34. The molecule has 0 spiro atoms. The van der Waals surface area contributed by atoms with E-state index in [9.17, 15) is 0 Å². The van der Waals surface area contributed by atoms with Gasteiger partial charge in [-0.25, -0.2) is 0 Å². The normalized spacial score (nSPS) is 10.9. The molecule has 152 valence electrons. The van der Waals surface area contributed by atoms with E-state index in [1.54, 1.807) is 6.20 Å². The largest absolute Gasteiger partial charge is 0.494 e. The number of rotatable bonds is 7. The SMILES string of the molecule is CCOc1ccc(-n2c(SCc3c(Cl)cccc3Cl)nnc2-c2ccccn2)cc1. The van der Waals surface area contributed by atoms with Crippen LogP contribution in [0.25, 0.3) is 17.2 Å². The molecule has 4 aromatic rings. The number of nitrogens with zero attached hydrogens (tertiary/aromatic N) is 4. The monoisotopic (exact) mass is 456 g/mol. The van der Waals surface area contributed by atoms with Crippen molar-refractivity contribution in [1.29, 1.82) is 0 Å². The van der Waals surface area contributed by atoms with Gasteiger partial charge in [-0.3, -0.25) is 9.55 Å². The molecule has 0 radical (unpaired) electrons. The molecule has 0 bridgehead atoms. The summed E-state index contributed by atoms with van der Waals surface area (Å²) in [5.74, 6) is 2.04. The van der Waals surface area contributed by atoms with E-state index in [0.717, 1.165) is 27.9 Å². The van der Waals surface area contributed by atoms with Gasteiger partial charge in [-0.2, -0.15) is 0 Å². The molecule has 2 aromatic heterocycles. The van der Waals surface area contributed by atoms with Gasteiger partial charge < -0.3 is 4.74 Å². The number of hydrogen-bond acceptors (Lipinski definition) is 5. The molecule has 2 aromatic carbocycles. The molecule has 0 amide bonds. The highest BCUT2D eigenvalue weighted by molar-refractivity contribution is 7.98. The summed E-state index contributed by atoms with van der Waals surface area (Å²) < 4.78 is 7.55. The van der Waals surface area contributed by atoms with Crippen LogP contribution in [-0.4, -0.2) is 26.4 Å². The summed E-state index contributed by atoms with van der Waals surface area (Å²) in [6, 6.07) is 19.0. The number of thioether (sulfide) groups is 1. The van der Waals surface area contributed by atoms with Crippen molar-refractivity contribution >= 4 is 35.0 Å². The molecule has 0 N–H and O–H groups in total. The van der Waals surface area contributed by atoms with Gasteiger partial charge in [0.15, 0.2) is 11.0 Å². The van der Waals surface area contributed by atoms with Crippen molar-refractivity contribution < 1.29 is 4.74 Å². The van der Waals surface area contributed by atoms with Crippen molar-refractivity contribution in [1.82, 2.24) is 19.7 Å². The van der Waals surface area contributed by atoms with Crippen LogP contribution in [-0.2, 0) is 5.75 Å². The number of pyridine rings is 1. The Bertz CT molecular complexity index is 1110. The Morgan fingerprint density at radius 2 is 1.70 bits per heavy atom. The van der Waals surface area contributed by atoms with E-state index in [-0.39, 0.29) is 0 Å². The first-order valence-corrected chi connectivity index (χ1v) is 11.1. The Labute approximate surface area is 189 Å². The van der Waals surface area contributed by atoms with Crippen LogP contribution >= 0.6 is 35.0 Å². The maximum Gasteiger partial charge on any atom is 0.196 e. The Morgan fingerprint density at radius 1 is 0.933 bits per heavy atom. The highest BCUT2D eigenvalue weighted by Gasteiger charge is 2.18. The van der Waals surface area contributed by atoms with Crippen molar-refractivity contribution in [3.05, 3.63) is 82.5 Å². The van der Waals surface area contributed by atoms with Gasteiger partial charge in [0.1, 0.15) is 11.4 Å². The summed E-state index contributed by atoms with van der Waals surface area (Å²) in [6.07, 6.45) is 1.74. The van der Waals surface area contributed by atoms with Crippen LogP contribution in [0.4, 0.5) is 0 Å². The number of hydrogen-bond donors (Lipinski definition) is 0. The Hall–Kier alpha value is -2.54. The average Bonchev–Trinajstić information content (AvgIpc) is 3.19. The van der Waals surface area contributed by atoms with Crippen LogP contribution < -0.4 is 4.74 Å². The first-order chi connectivity index (χ1) is 14.7. The Balaban J connectivity index is 1.72. The molecule has 2 heterocycles. The molecule has 0 saturated heterocycles. The molecule has 0 unspecified atom stereocenters. The van der Waals surface area contributed by atoms with Crippen molar-refractivity contribution in [3.63, 3.8) is 0 Å². The summed E-state index contributed by atoms with van der Waals surface area (Å²) in [6.45, 7) is 2.58. The third kappa shape index (κ3) is 4.46. The van der Waals surface area contributed by atoms with E-state index in [0.29, 0.717) is 28.2 Å². The Morgan fingerprint density at radius 3 is 2.37 bits per heavy atom. The molecule has 0 saturated carbocycles. The second-order valence-corrected chi connectivity index (χ2v) is 8.03. The smallest absolute Gasteiger partial charge is 0.196 e. The fourth-order valence-electron chi connectivity index (χ4n) is 2.92. The first-order valence-electron chi connectivity index (χ1n) is 9.33. The molecule has 5 nitrogen and oxygen atoms in total. The molecule has 0 atom stereocenters. The lowest BCUT2D eigenvalue weighted by Gasteiger charge is -2.12. The predicted octanol–water partition coefficient (Wildman–Crippen LogP) is 6.33. The summed E-state index contributed by atoms with van der Waals surface area (Å²) in [4.78, 5) is 4.44. The van der Waals surface area contributed by atoms with Crippen LogP contribution in [0.5, 0.6) is 5.75 Å². The summed E-state index contributed by atoms with van der Waals surface area (Å²) in [5, 5.41) is 10.8. The predicted molar refractivity (Wildman–Crippen MR) is 122 cm³/mol. The van der Waals surface area contributed by atoms with E-state index in [2.05, 4.69) is 15.2 Å². The minimum atomic E-state index is 0.565. The second kappa shape index (κ2) is 9.51. The zero-order valence-electron chi connectivity index (χ0n) is 16.1. The molecule has 0 aliphatic carbocycles. The van der Waals surface area contributed by atoms with Crippen molar-refractivity contribution in [2.45, 2.75) is 17.8 Å². The summed E-state index contributed by atoms with van der Waals surface area (Å²) in [5.41, 5.74) is 2.52. The van der Waals surface area contributed by atoms with Gasteiger partial charge in [-0.15, -0.1) is 10.2 Å². The summed E-state index contributed by atoms with van der Waals surface area (Å²) >= 11 is 14.2. The van der Waals surface area contributed by atoms with Gasteiger partial charge in [0.2, 0.25) is 0 Å². The third-order valence-corrected chi connectivity index (χ3v) is 6.00. The van der Waals surface area contributed by atoms with Crippen molar-refractivity contribution in [2.24, 2.45) is 0 Å². The van der Waals surface area contributed by atoms with Gasteiger partial charge in [-0.05, 0) is 61.0 Å². The second-order valence-electron chi connectivity index (χ2n) is 6.27.